The smallest absolute Gasteiger partial charge is 0.241 e. The van der Waals surface area contributed by atoms with Gasteiger partial charge in [-0.15, -0.1) is 0 Å². The van der Waals surface area contributed by atoms with Crippen LogP contribution in [-0.4, -0.2) is 38.7 Å². The Balaban J connectivity index is 2.65. The molecule has 0 unspecified atom stereocenters. The third kappa shape index (κ3) is 6.13. The van der Waals surface area contributed by atoms with Crippen LogP contribution in [0.1, 0.15) is 38.3 Å². The standard InChI is InChI=1S/C22H26FNO6S/c1-22(2,3)24-31(28,29)16-8-5-14(6-9-16)20(17(11-12-25)21(26)27)15-7-10-19(30-4)18(23)13-15/h5-10,13,24-25H,11-12H2,1-4H3,(H,26,27)/p-1/b20-17-. The summed E-state index contributed by atoms with van der Waals surface area (Å²) in [7, 11) is -2.50. The van der Waals surface area contributed by atoms with Gasteiger partial charge in [-0.05, 0) is 73.7 Å². The molecule has 0 fully saturated rings. The molecule has 7 nitrogen and oxygen atoms in total. The summed E-state index contributed by atoms with van der Waals surface area (Å²) < 4.78 is 46.8. The Morgan fingerprint density at radius 1 is 1.13 bits per heavy atom. The number of nitrogens with one attached hydrogen (secondary N) is 1. The Morgan fingerprint density at radius 3 is 2.16 bits per heavy atom. The molecule has 31 heavy (non-hydrogen) atoms. The molecular formula is C22H25FNO6S-. The highest BCUT2D eigenvalue weighted by atomic mass is 32.2. The maximum absolute atomic E-state index is 14.3. The summed E-state index contributed by atoms with van der Waals surface area (Å²) in [5.74, 6) is -2.24. The largest absolute Gasteiger partial charge is 0.545 e. The zero-order chi connectivity index (χ0) is 23.4. The first-order valence-corrected chi connectivity index (χ1v) is 10.9. The maximum atomic E-state index is 14.3. The van der Waals surface area contributed by atoms with E-state index in [4.69, 9.17) is 4.74 Å². The lowest BCUT2D eigenvalue weighted by Gasteiger charge is -2.21. The number of aliphatic hydroxyl groups excluding tert-OH is 1. The number of halogens is 1. The predicted octanol–water partition coefficient (Wildman–Crippen LogP) is 1.85. The minimum atomic E-state index is -3.80. The van der Waals surface area contributed by atoms with Gasteiger partial charge in [-0.1, -0.05) is 18.2 Å². The first kappa shape index (κ1) is 24.5. The highest BCUT2D eigenvalue weighted by Crippen LogP contribution is 2.32. The number of ether oxygens (including phenoxy) is 1. The molecule has 9 heteroatoms. The highest BCUT2D eigenvalue weighted by molar-refractivity contribution is 7.89. The van der Waals surface area contributed by atoms with Crippen molar-refractivity contribution in [3.63, 3.8) is 0 Å². The zero-order valence-electron chi connectivity index (χ0n) is 17.7. The monoisotopic (exact) mass is 450 g/mol. The Morgan fingerprint density at radius 2 is 1.71 bits per heavy atom. The van der Waals surface area contributed by atoms with Gasteiger partial charge in [0.2, 0.25) is 10.0 Å². The van der Waals surface area contributed by atoms with E-state index in [9.17, 15) is 27.8 Å². The van der Waals surface area contributed by atoms with Gasteiger partial charge in [-0.2, -0.15) is 0 Å². The number of hydrogen-bond donors (Lipinski definition) is 2. The number of rotatable bonds is 8. The van der Waals surface area contributed by atoms with E-state index in [2.05, 4.69) is 4.72 Å². The van der Waals surface area contributed by atoms with Crippen LogP contribution >= 0.6 is 0 Å². The Bertz CT molecular complexity index is 1090. The van der Waals surface area contributed by atoms with Crippen molar-refractivity contribution >= 4 is 21.6 Å². The Kier molecular flexibility index (Phi) is 7.58. The van der Waals surface area contributed by atoms with Crippen LogP contribution in [0, 0.1) is 5.82 Å². The van der Waals surface area contributed by atoms with Gasteiger partial charge < -0.3 is 19.7 Å². The molecule has 168 valence electrons. The van der Waals surface area contributed by atoms with E-state index in [1.165, 1.54) is 43.5 Å². The molecule has 0 aliphatic heterocycles. The van der Waals surface area contributed by atoms with Crippen LogP contribution in [0.15, 0.2) is 52.9 Å². The number of sulfonamides is 1. The Hall–Kier alpha value is -2.75. The van der Waals surface area contributed by atoms with Gasteiger partial charge in [0.1, 0.15) is 0 Å². The van der Waals surface area contributed by atoms with Gasteiger partial charge in [-0.3, -0.25) is 0 Å². The molecule has 0 amide bonds. The summed E-state index contributed by atoms with van der Waals surface area (Å²) in [5.41, 5.74) is -0.271. The number of carbonyl (C=O) groups is 1. The number of carboxylic acids is 1. The summed E-state index contributed by atoms with van der Waals surface area (Å²) in [5, 5.41) is 21.1. The molecule has 2 N–H and O–H groups in total. The first-order chi connectivity index (χ1) is 14.4. The molecular weight excluding hydrogens is 425 g/mol. The van der Waals surface area contributed by atoms with E-state index in [0.29, 0.717) is 5.56 Å². The average Bonchev–Trinajstić information content (AvgIpc) is 2.66. The van der Waals surface area contributed by atoms with Gasteiger partial charge in [0.25, 0.3) is 0 Å². The summed E-state index contributed by atoms with van der Waals surface area (Å²) in [6.45, 7) is 4.66. The molecule has 0 aliphatic rings. The molecule has 0 heterocycles. The van der Waals surface area contributed by atoms with Gasteiger partial charge >= 0.3 is 0 Å². The van der Waals surface area contributed by atoms with E-state index >= 15 is 0 Å². The van der Waals surface area contributed by atoms with Crippen LogP contribution in [0.3, 0.4) is 0 Å². The number of aliphatic hydroxyl groups is 1. The fourth-order valence-corrected chi connectivity index (χ4v) is 4.46. The number of carboxylic acid groups (broad SMARTS) is 1. The summed E-state index contributed by atoms with van der Waals surface area (Å²) >= 11 is 0. The Labute approximate surface area is 181 Å². The van der Waals surface area contributed by atoms with Gasteiger partial charge in [-0.25, -0.2) is 17.5 Å². The molecule has 0 spiro atoms. The van der Waals surface area contributed by atoms with Crippen molar-refractivity contribution in [3.05, 3.63) is 65.0 Å². The summed E-state index contributed by atoms with van der Waals surface area (Å²) in [4.78, 5) is 11.8. The third-order valence-corrected chi connectivity index (χ3v) is 6.02. The zero-order valence-corrected chi connectivity index (χ0v) is 18.5. The van der Waals surface area contributed by atoms with Crippen molar-refractivity contribution in [2.45, 2.75) is 37.6 Å². The van der Waals surface area contributed by atoms with Crippen LogP contribution in [-0.2, 0) is 14.8 Å². The molecule has 0 aliphatic carbocycles. The molecule has 0 bridgehead atoms. The van der Waals surface area contributed by atoms with E-state index in [-0.39, 0.29) is 33.8 Å². The second-order valence-corrected chi connectivity index (χ2v) is 9.53. The number of aliphatic carboxylic acids is 1. The average molecular weight is 451 g/mol. The lowest BCUT2D eigenvalue weighted by molar-refractivity contribution is -0.299. The topological polar surface area (TPSA) is 116 Å². The van der Waals surface area contributed by atoms with Crippen molar-refractivity contribution in [2.75, 3.05) is 13.7 Å². The quantitative estimate of drug-likeness (QED) is 0.593. The normalized spacial score (nSPS) is 13.0. The van der Waals surface area contributed by atoms with Gasteiger partial charge in [0.05, 0.1) is 18.0 Å². The molecule has 0 saturated heterocycles. The highest BCUT2D eigenvalue weighted by Gasteiger charge is 2.22. The van der Waals surface area contributed by atoms with Crippen LogP contribution in [0.25, 0.3) is 5.57 Å². The van der Waals surface area contributed by atoms with Crippen LogP contribution < -0.4 is 14.6 Å². The predicted molar refractivity (Wildman–Crippen MR) is 112 cm³/mol. The number of methoxy groups -OCH3 is 1. The number of benzene rings is 2. The van der Waals surface area contributed by atoms with E-state index in [1.54, 1.807) is 20.8 Å². The first-order valence-electron chi connectivity index (χ1n) is 9.43. The molecule has 2 rings (SSSR count). The van der Waals surface area contributed by atoms with Crippen molar-refractivity contribution in [1.29, 1.82) is 0 Å². The van der Waals surface area contributed by atoms with Crippen molar-refractivity contribution in [3.8, 4) is 5.75 Å². The van der Waals surface area contributed by atoms with Gasteiger partial charge in [0, 0.05) is 12.1 Å². The third-order valence-electron chi connectivity index (χ3n) is 4.24. The van der Waals surface area contributed by atoms with Crippen LogP contribution in [0.4, 0.5) is 4.39 Å². The summed E-state index contributed by atoms with van der Waals surface area (Å²) in [6.07, 6.45) is -0.239. The summed E-state index contributed by atoms with van der Waals surface area (Å²) in [6, 6.07) is 9.44. The maximum Gasteiger partial charge on any atom is 0.241 e. The minimum Gasteiger partial charge on any atom is -0.545 e. The molecule has 2 aromatic rings. The van der Waals surface area contributed by atoms with E-state index < -0.39 is 34.0 Å². The molecule has 2 aromatic carbocycles. The van der Waals surface area contributed by atoms with Crippen LogP contribution in [0.5, 0.6) is 5.75 Å². The lowest BCUT2D eigenvalue weighted by atomic mass is 9.91. The second-order valence-electron chi connectivity index (χ2n) is 7.84. The van der Waals surface area contributed by atoms with Gasteiger partial charge in [0.15, 0.2) is 11.6 Å². The molecule has 0 atom stereocenters. The number of carbonyl (C=O) groups excluding carboxylic acids is 1. The fourth-order valence-electron chi connectivity index (χ4n) is 3.04. The number of hydrogen-bond acceptors (Lipinski definition) is 6. The van der Waals surface area contributed by atoms with E-state index in [0.717, 1.165) is 6.07 Å². The molecule has 0 radical (unpaired) electrons. The molecule has 0 aromatic heterocycles. The van der Waals surface area contributed by atoms with E-state index in [1.807, 2.05) is 0 Å². The second kappa shape index (κ2) is 9.59. The SMILES string of the molecule is COc1ccc(/C(=C(/CCO)C(=O)[O-])c2ccc(S(=O)(=O)NC(C)(C)C)cc2)cc1F. The van der Waals surface area contributed by atoms with Crippen molar-refractivity contribution in [1.82, 2.24) is 4.72 Å². The van der Waals surface area contributed by atoms with Crippen molar-refractivity contribution in [2.24, 2.45) is 0 Å². The lowest BCUT2D eigenvalue weighted by Crippen LogP contribution is -2.40. The fraction of sp³-hybridized carbons (Fsp3) is 0.318. The minimum absolute atomic E-state index is 0.0106. The molecule has 0 saturated carbocycles. The van der Waals surface area contributed by atoms with Crippen LogP contribution in [0.2, 0.25) is 0 Å². The van der Waals surface area contributed by atoms with Crippen molar-refractivity contribution < 1.29 is 32.6 Å².